The number of alkyl halides is 3. The first-order chi connectivity index (χ1) is 5.39. The van der Waals surface area contributed by atoms with Gasteiger partial charge in [0.05, 0.1) is 0 Å². The second-order valence-electron chi connectivity index (χ2n) is 1.98. The molecule has 62 valence electrons. The van der Waals surface area contributed by atoms with Gasteiger partial charge in [-0.25, -0.2) is 0 Å². The maximum absolute atomic E-state index is 11.9. The van der Waals surface area contributed by atoms with E-state index < -0.39 is 17.4 Å². The number of hydrogen-bond acceptors (Lipinski definition) is 2. The third-order valence-electron chi connectivity index (χ3n) is 1.03. The van der Waals surface area contributed by atoms with Gasteiger partial charge in [-0.05, 0) is 0 Å². The quantitative estimate of drug-likeness (QED) is 0.657. The van der Waals surface area contributed by atoms with Crippen LogP contribution in [-0.2, 0) is 6.18 Å². The van der Waals surface area contributed by atoms with Gasteiger partial charge in [0.1, 0.15) is 0 Å². The zero-order valence-corrected chi connectivity index (χ0v) is 8.42. The number of aromatic nitrogens is 2. The molecule has 0 bridgehead atoms. The summed E-state index contributed by atoms with van der Waals surface area (Å²) in [6.07, 6.45) is -4.54. The Morgan fingerprint density at radius 1 is 1.50 bits per heavy atom. The summed E-state index contributed by atoms with van der Waals surface area (Å²) in [5.74, 6) is 0. The summed E-state index contributed by atoms with van der Waals surface area (Å²) in [5.41, 5.74) is -1.91. The summed E-state index contributed by atoms with van der Waals surface area (Å²) in [6.45, 7) is 0. The molecule has 0 saturated carbocycles. The second kappa shape index (κ2) is 3.08. The molecule has 1 rings (SSSR count). The van der Waals surface area contributed by atoms with Crippen molar-refractivity contribution in [2.45, 2.75) is 6.18 Å². The Bertz CT molecular complexity index is 345. The average molecular weight is 282 g/mol. The van der Waals surface area contributed by atoms with Crippen molar-refractivity contribution in [2.75, 3.05) is 0 Å². The van der Waals surface area contributed by atoms with E-state index in [0.29, 0.717) is 28.6 Å². The normalized spacial score (nSPS) is 11.6. The van der Waals surface area contributed by atoms with Crippen LogP contribution in [0.4, 0.5) is 13.2 Å². The third-order valence-corrected chi connectivity index (χ3v) is 1.71. The van der Waals surface area contributed by atoms with Gasteiger partial charge >= 0.3 is 77.8 Å². The van der Waals surface area contributed by atoms with Crippen molar-refractivity contribution in [1.29, 1.82) is 0 Å². The summed E-state index contributed by atoms with van der Waals surface area (Å²) < 4.78 is 35.9. The molecule has 0 fully saturated rings. The topological polar surface area (TPSA) is 45.8 Å². The van der Waals surface area contributed by atoms with Crippen molar-refractivity contribution >= 4 is 26.4 Å². The first-order valence-electron chi connectivity index (χ1n) is 2.80. The number of halogens is 3. The van der Waals surface area contributed by atoms with Crippen molar-refractivity contribution in [3.8, 4) is 0 Å². The fraction of sp³-hybridized carbons (Fsp3) is 0.200. The molecule has 2 radical (unpaired) electrons. The van der Waals surface area contributed by atoms with Gasteiger partial charge < -0.3 is 0 Å². The van der Waals surface area contributed by atoms with E-state index in [1.165, 1.54) is 0 Å². The number of nitrogens with zero attached hydrogens (tertiary/aromatic N) is 1. The van der Waals surface area contributed by atoms with E-state index in [1.54, 1.807) is 0 Å². The van der Waals surface area contributed by atoms with Crippen molar-refractivity contribution in [2.24, 2.45) is 0 Å². The van der Waals surface area contributed by atoms with Crippen molar-refractivity contribution in [3.63, 3.8) is 0 Å². The molecule has 1 aromatic heterocycles. The minimum atomic E-state index is -4.54. The molecule has 0 aromatic carbocycles. The fourth-order valence-electron chi connectivity index (χ4n) is 0.603. The van der Waals surface area contributed by atoms with E-state index >= 15 is 0 Å². The van der Waals surface area contributed by atoms with Crippen molar-refractivity contribution < 1.29 is 13.2 Å². The van der Waals surface area contributed by atoms with Gasteiger partial charge in [0.15, 0.2) is 0 Å². The summed E-state index contributed by atoms with van der Waals surface area (Å²) in [5, 5.41) is 0. The monoisotopic (exact) mass is 283 g/mol. The molecular weight excluding hydrogens is 280 g/mol. The van der Waals surface area contributed by atoms with Crippen molar-refractivity contribution in [3.05, 3.63) is 22.1 Å². The van der Waals surface area contributed by atoms with E-state index in [4.69, 9.17) is 0 Å². The van der Waals surface area contributed by atoms with Gasteiger partial charge in [0.25, 0.3) is 0 Å². The average Bonchev–Trinajstić information content (AvgIpc) is 1.82. The van der Waals surface area contributed by atoms with E-state index in [1.807, 2.05) is 0 Å². The zero-order valence-electron chi connectivity index (χ0n) is 5.57. The summed E-state index contributed by atoms with van der Waals surface area (Å²) in [4.78, 5) is 15.9. The van der Waals surface area contributed by atoms with Crippen LogP contribution in [0.2, 0.25) is 0 Å². The summed E-state index contributed by atoms with van der Waals surface area (Å²) in [7, 11) is 0. The third kappa shape index (κ3) is 2.23. The van der Waals surface area contributed by atoms with Crippen LogP contribution >= 0.6 is 0 Å². The molecule has 12 heavy (non-hydrogen) atoms. The minimum absolute atomic E-state index is 0.0435. The number of aromatic amines is 1. The van der Waals surface area contributed by atoms with Crippen LogP contribution in [0.1, 0.15) is 5.69 Å². The molecule has 1 aromatic rings. The van der Waals surface area contributed by atoms with Gasteiger partial charge in [-0.1, -0.05) is 0 Å². The van der Waals surface area contributed by atoms with Gasteiger partial charge in [0, 0.05) is 0 Å². The Labute approximate surface area is 78.1 Å². The van der Waals surface area contributed by atoms with Gasteiger partial charge in [-0.2, -0.15) is 0 Å². The molecular formula is C5H2F3N2OSn+. The first kappa shape index (κ1) is 9.56. The molecule has 3 nitrogen and oxygen atoms in total. The summed E-state index contributed by atoms with van der Waals surface area (Å²) >= 11 is 0.640. The van der Waals surface area contributed by atoms with Crippen LogP contribution in [0, 0.1) is 0 Å². The van der Waals surface area contributed by atoms with Gasteiger partial charge in [-0.15, -0.1) is 0 Å². The number of H-pyrrole nitrogens is 1. The standard InChI is InChI=1S/C5H2F3N2O.Sn/c6-5(7,8)3-1-4(11)10-2-9-3;/h1H,(H,9,10,11);/q;+1. The molecule has 1 heterocycles. The molecule has 1 N–H and O–H groups in total. The first-order valence-corrected chi connectivity index (χ1v) is 4.22. The molecule has 0 spiro atoms. The van der Waals surface area contributed by atoms with E-state index in [0.717, 1.165) is 0 Å². The predicted molar refractivity (Wildman–Crippen MR) is 35.2 cm³/mol. The van der Waals surface area contributed by atoms with E-state index in [-0.39, 0.29) is 3.84 Å². The molecule has 0 amide bonds. The number of rotatable bonds is 0. The SMILES string of the molecule is O=c1cc(C(F)(F)F)n[c]([Sn+])[nH]1. The zero-order chi connectivity index (χ0) is 9.35. The van der Waals surface area contributed by atoms with Crippen LogP contribution in [0.25, 0.3) is 0 Å². The van der Waals surface area contributed by atoms with Crippen LogP contribution in [0.15, 0.2) is 10.9 Å². The molecule has 0 atom stereocenters. The van der Waals surface area contributed by atoms with Crippen LogP contribution in [-0.4, -0.2) is 32.5 Å². The van der Waals surface area contributed by atoms with E-state index in [2.05, 4.69) is 9.97 Å². The molecule has 0 aliphatic carbocycles. The Balaban J connectivity index is 3.27. The van der Waals surface area contributed by atoms with Crippen LogP contribution in [0.3, 0.4) is 0 Å². The van der Waals surface area contributed by atoms with Crippen molar-refractivity contribution in [1.82, 2.24) is 9.97 Å². The van der Waals surface area contributed by atoms with Gasteiger partial charge in [-0.3, -0.25) is 0 Å². The molecule has 0 aliphatic heterocycles. The Morgan fingerprint density at radius 2 is 2.08 bits per heavy atom. The maximum atomic E-state index is 11.9. The molecule has 0 unspecified atom stereocenters. The second-order valence-corrected chi connectivity index (χ2v) is 3.33. The fourth-order valence-corrected chi connectivity index (χ4v) is 1.30. The number of nitrogens with one attached hydrogen (secondary N) is 1. The number of hydrogen-bond donors (Lipinski definition) is 1. The Kier molecular flexibility index (Phi) is 2.45. The van der Waals surface area contributed by atoms with Crippen LogP contribution in [0.5, 0.6) is 0 Å². The van der Waals surface area contributed by atoms with Crippen LogP contribution < -0.4 is 9.40 Å². The molecule has 0 aliphatic rings. The molecule has 7 heteroatoms. The summed E-state index contributed by atoms with van der Waals surface area (Å²) in [6, 6.07) is 0.438. The Morgan fingerprint density at radius 3 is 2.50 bits per heavy atom. The molecule has 0 saturated heterocycles. The predicted octanol–water partition coefficient (Wildman–Crippen LogP) is -0.418. The Hall–Kier alpha value is -0.531. The van der Waals surface area contributed by atoms with E-state index in [9.17, 15) is 18.0 Å². The van der Waals surface area contributed by atoms with Gasteiger partial charge in [0.2, 0.25) is 0 Å².